The quantitative estimate of drug-likeness (QED) is 0.0482. The monoisotopic (exact) mass is 1060 g/mol. The van der Waals surface area contributed by atoms with E-state index in [-0.39, 0.29) is 67.1 Å². The maximum atomic E-state index is 12.8. The molecule has 18 heteroatoms. The zero-order chi connectivity index (χ0) is 48.2. The minimum Gasteiger partial charge on any atom is -1.00 e. The molecule has 8 aromatic carbocycles. The molecule has 374 valence electrons. The number of amides is 2. The number of carbonyl (C=O) groups is 2. The van der Waals surface area contributed by atoms with E-state index in [9.17, 15) is 19.7 Å². The van der Waals surface area contributed by atoms with Crippen molar-refractivity contribution in [2.24, 2.45) is 0 Å². The Bertz CT molecular complexity index is 3490. The number of nitrogens with two attached hydrogens (primary N) is 1. The predicted molar refractivity (Wildman–Crippen MR) is 280 cm³/mol. The molecule has 0 spiro atoms. The molecule has 2 heterocycles. The standard InChI is InChI=1S/C28H21N5O3.C28H23N5O.4ClH/c34-28(19-5-4-8-23(17-19)30-20-6-2-1-3-7-20)32-22-11-9-21(10-12-22)31-27-15-16-29-26-14-13-24(33(35)36)18-25(26)27;29-20-9-14-26-25(18-20)27(15-16-30-26)32-22-10-12-23(13-11-22)33-28(34)19-5-4-8-24(17-19)31-21-6-2-1-3-7-21;;;;/h1-18,30H,(H,29,31)(H,32,34);1-18,31H,29H2,(H,30,32)(H,33,34);4*1H/p-2. The number of hydrogen-bond donors (Lipinski definition) is 7. The van der Waals surface area contributed by atoms with Crippen LogP contribution in [0.1, 0.15) is 20.7 Å². The maximum Gasteiger partial charge on any atom is 0.270 e. The van der Waals surface area contributed by atoms with Gasteiger partial charge in [-0.2, -0.15) is 0 Å². The lowest BCUT2D eigenvalue weighted by Gasteiger charge is -2.11. The zero-order valence-electron chi connectivity index (χ0n) is 39.0. The van der Waals surface area contributed by atoms with Crippen LogP contribution in [0.4, 0.5) is 68.2 Å². The van der Waals surface area contributed by atoms with Crippen molar-refractivity contribution in [3.8, 4) is 0 Å². The van der Waals surface area contributed by atoms with Gasteiger partial charge >= 0.3 is 0 Å². The highest BCUT2D eigenvalue weighted by atomic mass is 35.5. The topological polar surface area (TPSA) is 204 Å². The van der Waals surface area contributed by atoms with E-state index in [2.05, 4.69) is 41.9 Å². The van der Waals surface area contributed by atoms with E-state index in [1.165, 1.54) is 12.1 Å². The van der Waals surface area contributed by atoms with Gasteiger partial charge in [-0.05, 0) is 121 Å². The summed E-state index contributed by atoms with van der Waals surface area (Å²) in [5, 5.41) is 32.1. The van der Waals surface area contributed by atoms with Gasteiger partial charge in [-0.25, -0.2) is 9.97 Å². The second-order valence-electron chi connectivity index (χ2n) is 16.0. The number of benzene rings is 8. The van der Waals surface area contributed by atoms with Crippen molar-refractivity contribution in [2.75, 3.05) is 37.6 Å². The maximum absolute atomic E-state index is 12.8. The number of H-pyrrole nitrogens is 2. The van der Waals surface area contributed by atoms with E-state index in [0.29, 0.717) is 33.6 Å². The molecule has 0 aliphatic heterocycles. The number of aromatic nitrogens is 2. The van der Waals surface area contributed by atoms with Crippen LogP contribution in [0.15, 0.2) is 219 Å². The molecule has 0 fully saturated rings. The number of nitro benzene ring substituents is 1. The summed E-state index contributed by atoms with van der Waals surface area (Å²) in [7, 11) is 0. The number of para-hydroxylation sites is 2. The molecule has 10 N–H and O–H groups in total. The molecular weight excluding hydrogens is 1020 g/mol. The Morgan fingerprint density at radius 3 is 1.24 bits per heavy atom. The smallest absolute Gasteiger partial charge is 0.270 e. The summed E-state index contributed by atoms with van der Waals surface area (Å²) in [5.41, 5.74) is 17.9. The van der Waals surface area contributed by atoms with Crippen LogP contribution < -0.4 is 97.2 Å². The van der Waals surface area contributed by atoms with Gasteiger partial charge in [-0.3, -0.25) is 19.7 Å². The summed E-state index contributed by atoms with van der Waals surface area (Å²) in [5.74, 6) is -0.387. The number of nitrogens with one attached hydrogen (secondary N) is 8. The number of pyridine rings is 2. The number of nitro groups is 1. The van der Waals surface area contributed by atoms with E-state index in [1.807, 2.05) is 164 Å². The minimum atomic E-state index is -0.416. The Hall–Kier alpha value is -8.92. The number of rotatable bonds is 13. The Morgan fingerprint density at radius 1 is 0.405 bits per heavy atom. The summed E-state index contributed by atoms with van der Waals surface area (Å²) >= 11 is 0. The zero-order valence-corrected chi connectivity index (χ0v) is 42.0. The van der Waals surface area contributed by atoms with Gasteiger partial charge in [0, 0.05) is 98.7 Å². The summed E-state index contributed by atoms with van der Waals surface area (Å²) in [6.45, 7) is 0. The van der Waals surface area contributed by atoms with Gasteiger partial charge in [-0.1, -0.05) is 48.5 Å². The van der Waals surface area contributed by atoms with Gasteiger partial charge in [0.1, 0.15) is 0 Å². The normalized spacial score (nSPS) is 10.0. The van der Waals surface area contributed by atoms with Gasteiger partial charge in [0.15, 0.2) is 12.4 Å². The Balaban J connectivity index is 0.000000260. The fourth-order valence-corrected chi connectivity index (χ4v) is 7.58. The Kier molecular flexibility index (Phi) is 20.1. The minimum absolute atomic E-state index is 0. The largest absolute Gasteiger partial charge is 1.00 e. The number of carbonyl (C=O) groups excluding carboxylic acids is 2. The first kappa shape index (κ1) is 56.0. The summed E-state index contributed by atoms with van der Waals surface area (Å²) in [4.78, 5) is 42.7. The van der Waals surface area contributed by atoms with Crippen molar-refractivity contribution in [3.63, 3.8) is 0 Å². The first-order chi connectivity index (χ1) is 34.2. The second kappa shape index (κ2) is 26.5. The first-order valence-electron chi connectivity index (χ1n) is 22.2. The highest BCUT2D eigenvalue weighted by Crippen LogP contribution is 2.29. The summed E-state index contributed by atoms with van der Waals surface area (Å²) < 4.78 is 0. The Labute approximate surface area is 451 Å². The summed E-state index contributed by atoms with van der Waals surface area (Å²) in [6, 6.07) is 63.4. The van der Waals surface area contributed by atoms with Gasteiger partial charge < -0.3 is 87.3 Å². The lowest BCUT2D eigenvalue weighted by atomic mass is 10.1. The number of fused-ring (bicyclic) bond motifs is 2. The second-order valence-corrected chi connectivity index (χ2v) is 16.0. The van der Waals surface area contributed by atoms with Crippen LogP contribution in [0.25, 0.3) is 21.8 Å². The van der Waals surface area contributed by atoms with Crippen molar-refractivity contribution in [2.45, 2.75) is 0 Å². The van der Waals surface area contributed by atoms with Crippen LogP contribution in [0, 0.1) is 10.1 Å². The number of halogens is 4. The van der Waals surface area contributed by atoms with Crippen molar-refractivity contribution in [1.29, 1.82) is 0 Å². The molecule has 10 aromatic rings. The lowest BCUT2D eigenvalue weighted by molar-refractivity contribution is -0.385. The van der Waals surface area contributed by atoms with Crippen molar-refractivity contribution < 1.29 is 74.1 Å². The molecule has 0 aliphatic carbocycles. The Morgan fingerprint density at radius 2 is 0.797 bits per heavy atom. The van der Waals surface area contributed by atoms with Crippen LogP contribution in [-0.2, 0) is 0 Å². The highest BCUT2D eigenvalue weighted by Gasteiger charge is 2.14. The average Bonchev–Trinajstić information content (AvgIpc) is 3.38. The fraction of sp³-hybridized carbons (Fsp3) is 0. The van der Waals surface area contributed by atoms with Gasteiger partial charge in [0.05, 0.1) is 27.1 Å². The number of non-ortho nitro benzene ring substituents is 1. The summed E-state index contributed by atoms with van der Waals surface area (Å²) in [6.07, 6.45) is 3.65. The molecule has 10 rings (SSSR count). The van der Waals surface area contributed by atoms with Gasteiger partial charge in [0.2, 0.25) is 11.0 Å². The average molecular weight is 1060 g/mol. The van der Waals surface area contributed by atoms with Crippen LogP contribution in [0.2, 0.25) is 0 Å². The van der Waals surface area contributed by atoms with Crippen LogP contribution in [0.3, 0.4) is 0 Å². The number of nitrogens with zero attached hydrogens (tertiary/aromatic N) is 1. The number of aromatic amines is 2. The molecule has 0 saturated carbocycles. The van der Waals surface area contributed by atoms with Crippen molar-refractivity contribution >= 4 is 102 Å². The third-order valence-corrected chi connectivity index (χ3v) is 11.0. The molecule has 0 bridgehead atoms. The number of anilines is 11. The van der Waals surface area contributed by atoms with E-state index in [4.69, 9.17) is 5.73 Å². The first-order valence-corrected chi connectivity index (χ1v) is 22.2. The lowest BCUT2D eigenvalue weighted by Crippen LogP contribution is -3.00. The van der Waals surface area contributed by atoms with Crippen molar-refractivity contribution in [3.05, 3.63) is 240 Å². The molecule has 0 aliphatic rings. The van der Waals surface area contributed by atoms with E-state index in [1.54, 1.807) is 42.6 Å². The third-order valence-electron chi connectivity index (χ3n) is 11.0. The van der Waals surface area contributed by atoms with Gasteiger partial charge in [0.25, 0.3) is 17.5 Å². The van der Waals surface area contributed by atoms with Gasteiger partial charge in [-0.15, -0.1) is 0 Å². The third kappa shape index (κ3) is 14.6. The van der Waals surface area contributed by atoms with Crippen molar-refractivity contribution in [1.82, 2.24) is 0 Å². The molecular formula is C56H46Cl4N10O4-2. The van der Waals surface area contributed by atoms with Crippen LogP contribution >= 0.6 is 0 Å². The molecule has 0 saturated heterocycles. The molecule has 14 nitrogen and oxygen atoms in total. The SMILES string of the molecule is Nc1ccc2[nH+]ccc(Nc3ccc(NC(=O)c4cccc(Nc5ccccc5)c4)cc3)c2c1.O=C(Nc1ccc(Nc2cc[nH+]c3ccc([N+](=O)[O-])cc23)cc1)c1cccc(Nc2ccccc2)c1.[Cl-].[Cl-].[Cl-].[Cl-]. The number of nitrogen functional groups attached to an aromatic ring is 1. The molecule has 0 radical (unpaired) electrons. The van der Waals surface area contributed by atoms with Crippen LogP contribution in [0.5, 0.6) is 0 Å². The van der Waals surface area contributed by atoms with E-state index < -0.39 is 4.92 Å². The van der Waals surface area contributed by atoms with E-state index >= 15 is 0 Å². The molecule has 2 amide bonds. The highest BCUT2D eigenvalue weighted by molar-refractivity contribution is 6.06. The number of hydrogen-bond acceptors (Lipinski definition) is 9. The molecule has 0 atom stereocenters. The fourth-order valence-electron chi connectivity index (χ4n) is 7.58. The predicted octanol–water partition coefficient (Wildman–Crippen LogP) is 0.293. The molecule has 2 aromatic heterocycles. The molecule has 0 unspecified atom stereocenters. The molecule has 74 heavy (non-hydrogen) atoms. The van der Waals surface area contributed by atoms with Crippen LogP contribution in [-0.4, -0.2) is 16.7 Å². The van der Waals surface area contributed by atoms with E-state index in [0.717, 1.165) is 61.9 Å².